The lowest BCUT2D eigenvalue weighted by atomic mass is 10.1. The molecule has 0 bridgehead atoms. The second-order valence-corrected chi connectivity index (χ2v) is 5.06. The summed E-state index contributed by atoms with van der Waals surface area (Å²) in [5, 5.41) is -0.156. The van der Waals surface area contributed by atoms with Gasteiger partial charge in [-0.25, -0.2) is 4.39 Å². The Hall–Kier alpha value is -2.05. The third-order valence-electron chi connectivity index (χ3n) is 3.49. The van der Waals surface area contributed by atoms with Crippen LogP contribution in [-0.4, -0.2) is 11.2 Å². The number of fused-ring (bicyclic) bond motifs is 1. The molecule has 3 nitrogen and oxygen atoms in total. The molecule has 2 aromatic rings. The molecule has 3 rings (SSSR count). The Morgan fingerprint density at radius 3 is 2.57 bits per heavy atom. The van der Waals surface area contributed by atoms with E-state index in [1.54, 1.807) is 0 Å². The number of rotatable bonds is 3. The van der Waals surface area contributed by atoms with Crippen LogP contribution in [0.4, 0.5) is 17.6 Å². The number of pyridine rings is 1. The van der Waals surface area contributed by atoms with Crippen molar-refractivity contribution in [3.8, 4) is 5.75 Å². The van der Waals surface area contributed by atoms with Crippen LogP contribution >= 0.6 is 0 Å². The first-order valence-corrected chi connectivity index (χ1v) is 6.38. The highest BCUT2D eigenvalue weighted by Gasteiger charge is 2.29. The fraction of sp³-hybridized carbons (Fsp3) is 0.357. The molecule has 1 heterocycles. The maximum Gasteiger partial charge on any atom is 0.387 e. The van der Waals surface area contributed by atoms with E-state index in [1.807, 2.05) is 0 Å². The summed E-state index contributed by atoms with van der Waals surface area (Å²) in [4.78, 5) is 12.1. The maximum atomic E-state index is 13.8. The Balaban J connectivity index is 2.44. The molecule has 1 aromatic heterocycles. The van der Waals surface area contributed by atoms with Crippen molar-refractivity contribution in [3.63, 3.8) is 0 Å². The van der Waals surface area contributed by atoms with Crippen LogP contribution in [0.3, 0.4) is 0 Å². The number of aromatic nitrogens is 1. The van der Waals surface area contributed by atoms with Crippen molar-refractivity contribution in [3.05, 3.63) is 39.7 Å². The third kappa shape index (κ3) is 2.26. The molecule has 0 N–H and O–H groups in total. The summed E-state index contributed by atoms with van der Waals surface area (Å²) in [5.41, 5.74) is -0.310. The number of aryl methyl sites for hydroxylation is 1. The summed E-state index contributed by atoms with van der Waals surface area (Å²) in [6, 6.07) is 0.716. The Kier molecular flexibility index (Phi) is 3.15. The van der Waals surface area contributed by atoms with Crippen LogP contribution in [0.1, 0.15) is 24.4 Å². The molecular weight excluding hydrogens is 290 g/mol. The van der Waals surface area contributed by atoms with E-state index >= 15 is 0 Å². The zero-order chi connectivity index (χ0) is 15.3. The molecule has 1 aromatic carbocycles. The first-order valence-electron chi connectivity index (χ1n) is 6.38. The molecular formula is C14H11F4NO2. The van der Waals surface area contributed by atoms with Gasteiger partial charge in [0.25, 0.3) is 0 Å². The molecule has 7 heteroatoms. The van der Waals surface area contributed by atoms with Crippen LogP contribution in [0.15, 0.2) is 17.1 Å². The van der Waals surface area contributed by atoms with Gasteiger partial charge >= 0.3 is 6.61 Å². The van der Waals surface area contributed by atoms with Gasteiger partial charge in [-0.1, -0.05) is 0 Å². The van der Waals surface area contributed by atoms with E-state index in [4.69, 9.17) is 0 Å². The predicted octanol–water partition coefficient (Wildman–Crippen LogP) is 3.52. The van der Waals surface area contributed by atoms with Gasteiger partial charge in [0.05, 0.1) is 10.9 Å². The molecule has 0 atom stereocenters. The Labute approximate surface area is 116 Å². The molecule has 1 fully saturated rings. The van der Waals surface area contributed by atoms with Crippen LogP contribution in [0.2, 0.25) is 0 Å². The van der Waals surface area contributed by atoms with Crippen molar-refractivity contribution in [1.82, 2.24) is 4.57 Å². The maximum absolute atomic E-state index is 13.8. The highest BCUT2D eigenvalue weighted by molar-refractivity contribution is 5.86. The Bertz CT molecular complexity index is 781. The van der Waals surface area contributed by atoms with Crippen molar-refractivity contribution >= 4 is 10.9 Å². The fourth-order valence-corrected chi connectivity index (χ4v) is 2.40. The number of benzene rings is 1. The summed E-state index contributed by atoms with van der Waals surface area (Å²) in [7, 11) is 0. The quantitative estimate of drug-likeness (QED) is 0.812. The van der Waals surface area contributed by atoms with E-state index in [2.05, 4.69) is 4.74 Å². The Morgan fingerprint density at radius 2 is 2.00 bits per heavy atom. The van der Waals surface area contributed by atoms with E-state index in [9.17, 15) is 22.4 Å². The van der Waals surface area contributed by atoms with Crippen molar-refractivity contribution in [2.75, 3.05) is 0 Å². The molecule has 0 unspecified atom stereocenters. The highest BCUT2D eigenvalue weighted by atomic mass is 19.3. The first-order chi connectivity index (χ1) is 9.90. The number of nitrogens with zero attached hydrogens (tertiary/aromatic N) is 1. The van der Waals surface area contributed by atoms with Crippen molar-refractivity contribution in [2.24, 2.45) is 0 Å². The number of hydrogen-bond donors (Lipinski definition) is 0. The van der Waals surface area contributed by atoms with Crippen molar-refractivity contribution in [1.29, 1.82) is 0 Å². The van der Waals surface area contributed by atoms with E-state index in [1.165, 1.54) is 17.7 Å². The van der Waals surface area contributed by atoms with Gasteiger partial charge in [0, 0.05) is 17.8 Å². The van der Waals surface area contributed by atoms with Crippen LogP contribution in [0.25, 0.3) is 10.9 Å². The normalized spacial score (nSPS) is 15.0. The van der Waals surface area contributed by atoms with Gasteiger partial charge < -0.3 is 9.30 Å². The second-order valence-electron chi connectivity index (χ2n) is 5.06. The molecule has 0 amide bonds. The summed E-state index contributed by atoms with van der Waals surface area (Å²) >= 11 is 0. The van der Waals surface area contributed by atoms with E-state index in [0.29, 0.717) is 5.56 Å². The van der Waals surface area contributed by atoms with E-state index < -0.39 is 29.4 Å². The van der Waals surface area contributed by atoms with Crippen LogP contribution in [0, 0.1) is 18.6 Å². The molecule has 1 aliphatic rings. The number of ether oxygens (including phenoxy) is 1. The van der Waals surface area contributed by atoms with Crippen molar-refractivity contribution in [2.45, 2.75) is 32.4 Å². The monoisotopic (exact) mass is 301 g/mol. The molecule has 0 radical (unpaired) electrons. The van der Waals surface area contributed by atoms with E-state index in [-0.39, 0.29) is 16.9 Å². The third-order valence-corrected chi connectivity index (χ3v) is 3.49. The number of hydrogen-bond acceptors (Lipinski definition) is 2. The molecule has 1 aliphatic carbocycles. The molecule has 21 heavy (non-hydrogen) atoms. The van der Waals surface area contributed by atoms with Gasteiger partial charge in [-0.05, 0) is 25.8 Å². The van der Waals surface area contributed by atoms with Crippen LogP contribution < -0.4 is 10.2 Å². The average molecular weight is 301 g/mol. The van der Waals surface area contributed by atoms with Crippen LogP contribution in [-0.2, 0) is 0 Å². The van der Waals surface area contributed by atoms with Crippen molar-refractivity contribution < 1.29 is 22.3 Å². The molecule has 0 aliphatic heterocycles. The summed E-state index contributed by atoms with van der Waals surface area (Å²) in [6.07, 6.45) is 3.03. The minimum atomic E-state index is -3.31. The SMILES string of the molecule is Cc1cn(C2CC2)c2c(OC(F)F)c(F)c(F)cc2c1=O. The molecule has 0 spiro atoms. The minimum Gasteiger partial charge on any atom is -0.429 e. The van der Waals surface area contributed by atoms with Gasteiger partial charge in [0.15, 0.2) is 17.0 Å². The van der Waals surface area contributed by atoms with Crippen LogP contribution in [0.5, 0.6) is 5.75 Å². The summed E-state index contributed by atoms with van der Waals surface area (Å²) < 4.78 is 58.1. The van der Waals surface area contributed by atoms with Gasteiger partial charge in [-0.3, -0.25) is 4.79 Å². The Morgan fingerprint density at radius 1 is 1.33 bits per heavy atom. The minimum absolute atomic E-state index is 0.0170. The van der Waals surface area contributed by atoms with Gasteiger partial charge in [0.1, 0.15) is 0 Å². The average Bonchev–Trinajstić information content (AvgIpc) is 3.23. The van der Waals surface area contributed by atoms with E-state index in [0.717, 1.165) is 18.9 Å². The molecule has 112 valence electrons. The highest BCUT2D eigenvalue weighted by Crippen LogP contribution is 2.40. The largest absolute Gasteiger partial charge is 0.429 e. The zero-order valence-corrected chi connectivity index (χ0v) is 11.0. The zero-order valence-electron chi connectivity index (χ0n) is 11.0. The smallest absolute Gasteiger partial charge is 0.387 e. The standard InChI is InChI=1S/C14H11F4NO2/c1-6-5-19(7-2-3-7)11-8(12(6)20)4-9(15)10(16)13(11)21-14(17)18/h4-5,7,14H,2-3H2,1H3. The predicted molar refractivity (Wildman–Crippen MR) is 67.8 cm³/mol. The lowest BCUT2D eigenvalue weighted by Crippen LogP contribution is -2.15. The summed E-state index contributed by atoms with van der Waals surface area (Å²) in [6.45, 7) is -1.77. The summed E-state index contributed by atoms with van der Waals surface area (Å²) in [5.74, 6) is -3.81. The van der Waals surface area contributed by atoms with Gasteiger partial charge in [-0.2, -0.15) is 13.2 Å². The van der Waals surface area contributed by atoms with Gasteiger partial charge in [-0.15, -0.1) is 0 Å². The fourth-order valence-electron chi connectivity index (χ4n) is 2.40. The number of halogens is 4. The lowest BCUT2D eigenvalue weighted by Gasteiger charge is -2.16. The molecule has 0 saturated heterocycles. The van der Waals surface area contributed by atoms with Gasteiger partial charge in [0.2, 0.25) is 5.82 Å². The first kappa shape index (κ1) is 13.9. The number of alkyl halides is 2. The lowest BCUT2D eigenvalue weighted by molar-refractivity contribution is -0.0516. The second kappa shape index (κ2) is 4.75. The molecule has 1 saturated carbocycles. The topological polar surface area (TPSA) is 31.2 Å².